The molecule has 1 amide bonds. The molecule has 3 aromatic rings. The maximum absolute atomic E-state index is 13.4. The molecule has 0 bridgehead atoms. The number of sulfonamides is 1. The SMILES string of the molecule is Cc1ccc(Cl)cc1N(CC(=O)NCc1ccc(OC(C)C)cc1)S(=O)(=O)c1ccccc1. The van der Waals surface area contributed by atoms with Crippen molar-refractivity contribution in [1.29, 1.82) is 0 Å². The van der Waals surface area contributed by atoms with E-state index in [2.05, 4.69) is 5.32 Å². The molecule has 0 aliphatic carbocycles. The Morgan fingerprint density at radius 2 is 1.70 bits per heavy atom. The van der Waals surface area contributed by atoms with Crippen molar-refractivity contribution in [2.45, 2.75) is 38.3 Å². The second-order valence-electron chi connectivity index (χ2n) is 7.84. The number of hydrogen-bond acceptors (Lipinski definition) is 4. The Hall–Kier alpha value is -3.03. The molecule has 0 unspecified atom stereocenters. The van der Waals surface area contributed by atoms with Crippen LogP contribution < -0.4 is 14.4 Å². The summed E-state index contributed by atoms with van der Waals surface area (Å²) in [5, 5.41) is 3.18. The monoisotopic (exact) mass is 486 g/mol. The first-order valence-corrected chi connectivity index (χ1v) is 12.3. The average Bonchev–Trinajstić information content (AvgIpc) is 2.79. The Bertz CT molecular complexity index is 1200. The van der Waals surface area contributed by atoms with Crippen molar-refractivity contribution in [2.75, 3.05) is 10.8 Å². The summed E-state index contributed by atoms with van der Waals surface area (Å²) in [6.45, 7) is 5.55. The van der Waals surface area contributed by atoms with E-state index in [1.54, 1.807) is 43.3 Å². The molecular weight excluding hydrogens is 460 g/mol. The van der Waals surface area contributed by atoms with Crippen LogP contribution in [0.25, 0.3) is 0 Å². The van der Waals surface area contributed by atoms with E-state index in [9.17, 15) is 13.2 Å². The minimum absolute atomic E-state index is 0.0723. The van der Waals surface area contributed by atoms with Gasteiger partial charge in [0.15, 0.2) is 0 Å². The highest BCUT2D eigenvalue weighted by atomic mass is 35.5. The molecule has 0 fully saturated rings. The van der Waals surface area contributed by atoms with Crippen molar-refractivity contribution in [3.8, 4) is 5.75 Å². The Morgan fingerprint density at radius 3 is 2.33 bits per heavy atom. The van der Waals surface area contributed by atoms with Gasteiger partial charge in [-0.1, -0.05) is 48.0 Å². The van der Waals surface area contributed by atoms with Gasteiger partial charge in [0.2, 0.25) is 5.91 Å². The fourth-order valence-electron chi connectivity index (χ4n) is 3.22. The predicted molar refractivity (Wildman–Crippen MR) is 131 cm³/mol. The van der Waals surface area contributed by atoms with Gasteiger partial charge in [0.25, 0.3) is 10.0 Å². The smallest absolute Gasteiger partial charge is 0.264 e. The Kier molecular flexibility index (Phi) is 8.00. The number of rotatable bonds is 9. The molecule has 0 saturated heterocycles. The van der Waals surface area contributed by atoms with Gasteiger partial charge in [-0.05, 0) is 68.3 Å². The highest BCUT2D eigenvalue weighted by Crippen LogP contribution is 2.29. The number of amides is 1. The lowest BCUT2D eigenvalue weighted by Crippen LogP contribution is -2.41. The molecule has 0 aromatic heterocycles. The van der Waals surface area contributed by atoms with Crippen LogP contribution in [0, 0.1) is 6.92 Å². The van der Waals surface area contributed by atoms with Crippen LogP contribution in [0.1, 0.15) is 25.0 Å². The highest BCUT2D eigenvalue weighted by Gasteiger charge is 2.28. The number of halogens is 1. The minimum atomic E-state index is -3.99. The van der Waals surface area contributed by atoms with E-state index in [-0.39, 0.29) is 24.1 Å². The summed E-state index contributed by atoms with van der Waals surface area (Å²) in [5.74, 6) is 0.313. The average molecular weight is 487 g/mol. The number of carbonyl (C=O) groups excluding carboxylic acids is 1. The summed E-state index contributed by atoms with van der Waals surface area (Å²) in [7, 11) is -3.99. The molecule has 0 radical (unpaired) electrons. The van der Waals surface area contributed by atoms with Gasteiger partial charge in [-0.25, -0.2) is 8.42 Å². The quantitative estimate of drug-likeness (QED) is 0.464. The molecule has 3 aromatic carbocycles. The molecule has 174 valence electrons. The normalized spacial score (nSPS) is 11.3. The predicted octanol–water partition coefficient (Wildman–Crippen LogP) is 4.95. The molecule has 3 rings (SSSR count). The fourth-order valence-corrected chi connectivity index (χ4v) is 4.88. The van der Waals surface area contributed by atoms with Crippen LogP contribution in [0.15, 0.2) is 77.7 Å². The molecule has 0 aliphatic heterocycles. The van der Waals surface area contributed by atoms with Crippen molar-refractivity contribution >= 4 is 33.2 Å². The van der Waals surface area contributed by atoms with Gasteiger partial charge < -0.3 is 10.1 Å². The van der Waals surface area contributed by atoms with Crippen molar-refractivity contribution in [3.63, 3.8) is 0 Å². The van der Waals surface area contributed by atoms with Gasteiger partial charge in [0.1, 0.15) is 12.3 Å². The van der Waals surface area contributed by atoms with Crippen molar-refractivity contribution in [3.05, 3.63) is 88.9 Å². The largest absolute Gasteiger partial charge is 0.491 e. The van der Waals surface area contributed by atoms with Crippen LogP contribution >= 0.6 is 11.6 Å². The summed E-state index contributed by atoms with van der Waals surface area (Å²) in [6.07, 6.45) is 0.0723. The van der Waals surface area contributed by atoms with E-state index in [1.807, 2.05) is 38.1 Å². The first-order chi connectivity index (χ1) is 15.7. The molecule has 0 spiro atoms. The summed E-state index contributed by atoms with van der Waals surface area (Å²) in [5.41, 5.74) is 1.92. The first-order valence-electron chi connectivity index (χ1n) is 10.5. The van der Waals surface area contributed by atoms with Gasteiger partial charge in [-0.2, -0.15) is 0 Å². The number of nitrogens with zero attached hydrogens (tertiary/aromatic N) is 1. The number of aryl methyl sites for hydroxylation is 1. The molecule has 0 heterocycles. The van der Waals surface area contributed by atoms with Gasteiger partial charge in [0, 0.05) is 11.6 Å². The molecule has 0 saturated carbocycles. The number of nitrogens with one attached hydrogen (secondary N) is 1. The van der Waals surface area contributed by atoms with Crippen LogP contribution in [0.5, 0.6) is 5.75 Å². The Labute approximate surface area is 200 Å². The summed E-state index contributed by atoms with van der Waals surface area (Å²) >= 11 is 6.15. The highest BCUT2D eigenvalue weighted by molar-refractivity contribution is 7.92. The number of anilines is 1. The van der Waals surface area contributed by atoms with Gasteiger partial charge in [0.05, 0.1) is 16.7 Å². The minimum Gasteiger partial charge on any atom is -0.491 e. The standard InChI is InChI=1S/C25H27ClN2O4S/c1-18(2)32-22-13-10-20(11-14-22)16-27-25(29)17-28(24-15-21(26)12-9-19(24)3)33(30,31)23-7-5-4-6-8-23/h4-15,18H,16-17H2,1-3H3,(H,27,29). The zero-order chi connectivity index (χ0) is 24.0. The molecule has 1 N–H and O–H groups in total. The first kappa shape index (κ1) is 24.6. The number of benzene rings is 3. The van der Waals surface area contributed by atoms with Gasteiger partial charge >= 0.3 is 0 Å². The van der Waals surface area contributed by atoms with Gasteiger partial charge in [-0.15, -0.1) is 0 Å². The van der Waals surface area contributed by atoms with Gasteiger partial charge in [-0.3, -0.25) is 9.10 Å². The third-order valence-corrected chi connectivity index (χ3v) is 6.85. The zero-order valence-electron chi connectivity index (χ0n) is 18.8. The van der Waals surface area contributed by atoms with E-state index < -0.39 is 15.9 Å². The number of ether oxygens (including phenoxy) is 1. The molecule has 33 heavy (non-hydrogen) atoms. The molecule has 8 heteroatoms. The van der Waals surface area contributed by atoms with E-state index >= 15 is 0 Å². The van der Waals surface area contributed by atoms with Crippen LogP contribution in [0.4, 0.5) is 5.69 Å². The summed E-state index contributed by atoms with van der Waals surface area (Å²) in [4.78, 5) is 12.9. The Morgan fingerprint density at radius 1 is 1.03 bits per heavy atom. The summed E-state index contributed by atoms with van der Waals surface area (Å²) in [6, 6.07) is 20.4. The van der Waals surface area contributed by atoms with Crippen molar-refractivity contribution < 1.29 is 17.9 Å². The maximum atomic E-state index is 13.4. The molecule has 0 aliphatic rings. The van der Waals surface area contributed by atoms with E-state index in [1.165, 1.54) is 12.1 Å². The third-order valence-electron chi connectivity index (χ3n) is 4.84. The van der Waals surface area contributed by atoms with E-state index in [4.69, 9.17) is 16.3 Å². The molecule has 6 nitrogen and oxygen atoms in total. The second kappa shape index (κ2) is 10.7. The van der Waals surface area contributed by atoms with Crippen LogP contribution in [0.2, 0.25) is 5.02 Å². The summed E-state index contributed by atoms with van der Waals surface area (Å²) < 4.78 is 33.6. The molecule has 0 atom stereocenters. The van der Waals surface area contributed by atoms with Crippen molar-refractivity contribution in [2.24, 2.45) is 0 Å². The fraction of sp³-hybridized carbons (Fsp3) is 0.240. The lowest BCUT2D eigenvalue weighted by molar-refractivity contribution is -0.119. The van der Waals surface area contributed by atoms with Crippen LogP contribution in [0.3, 0.4) is 0 Å². The van der Waals surface area contributed by atoms with Crippen molar-refractivity contribution in [1.82, 2.24) is 5.32 Å². The van der Waals surface area contributed by atoms with Crippen LogP contribution in [-0.2, 0) is 21.4 Å². The lowest BCUT2D eigenvalue weighted by Gasteiger charge is -2.26. The zero-order valence-corrected chi connectivity index (χ0v) is 20.4. The molecular formula is C25H27ClN2O4S. The second-order valence-corrected chi connectivity index (χ2v) is 10.1. The number of carbonyl (C=O) groups is 1. The Balaban J connectivity index is 1.80. The maximum Gasteiger partial charge on any atom is 0.264 e. The van der Waals surface area contributed by atoms with E-state index in [0.29, 0.717) is 16.3 Å². The lowest BCUT2D eigenvalue weighted by atomic mass is 10.2. The van der Waals surface area contributed by atoms with Crippen LogP contribution in [-0.4, -0.2) is 27.0 Å². The third kappa shape index (κ3) is 6.49. The number of hydrogen-bond donors (Lipinski definition) is 1. The van der Waals surface area contributed by atoms with E-state index in [0.717, 1.165) is 15.6 Å². The topological polar surface area (TPSA) is 75.7 Å².